The number of nitrogens with one attached hydrogen (secondary N) is 1. The van der Waals surface area contributed by atoms with Crippen LogP contribution < -0.4 is 5.32 Å². The van der Waals surface area contributed by atoms with Gasteiger partial charge in [0.25, 0.3) is 0 Å². The van der Waals surface area contributed by atoms with E-state index in [1.54, 1.807) is 0 Å². The number of hydrogen-bond donors (Lipinski definition) is 1. The number of rotatable bonds is 1. The van der Waals surface area contributed by atoms with Gasteiger partial charge in [-0.2, -0.15) is 0 Å². The molecule has 0 saturated carbocycles. The van der Waals surface area contributed by atoms with Crippen LogP contribution in [0.2, 0.25) is 0 Å². The maximum absolute atomic E-state index is 12.5. The Morgan fingerprint density at radius 3 is 2.76 bits per heavy atom. The van der Waals surface area contributed by atoms with Gasteiger partial charge in [0, 0.05) is 17.9 Å². The second-order valence-corrected chi connectivity index (χ2v) is 5.84. The SMILES string of the molecule is CC(C)NC(=O)N1Cc2ccccc2-n2cccc2[C@H]1C. The number of carbonyl (C=O) groups excluding carboxylic acids is 1. The first-order chi connectivity index (χ1) is 10.1. The Morgan fingerprint density at radius 1 is 1.24 bits per heavy atom. The summed E-state index contributed by atoms with van der Waals surface area (Å²) in [6, 6.07) is 12.5. The maximum Gasteiger partial charge on any atom is 0.318 e. The molecule has 1 aliphatic rings. The standard InChI is InChI=1S/C17H21N3O/c1-12(2)18-17(21)20-11-14-7-4-5-8-16(14)19-10-6-9-15(19)13(20)3/h4-10,12-13H,11H2,1-3H3,(H,18,21)/t13-/m1/s1. The van der Waals surface area contributed by atoms with Crippen molar-refractivity contribution in [3.63, 3.8) is 0 Å². The third kappa shape index (κ3) is 2.42. The molecule has 1 atom stereocenters. The highest BCUT2D eigenvalue weighted by Crippen LogP contribution is 2.31. The van der Waals surface area contributed by atoms with Crippen LogP contribution in [0.5, 0.6) is 0 Å². The topological polar surface area (TPSA) is 37.3 Å². The monoisotopic (exact) mass is 283 g/mol. The van der Waals surface area contributed by atoms with Crippen molar-refractivity contribution < 1.29 is 4.79 Å². The number of fused-ring (bicyclic) bond motifs is 3. The fraction of sp³-hybridized carbons (Fsp3) is 0.353. The van der Waals surface area contributed by atoms with Crippen molar-refractivity contribution in [2.75, 3.05) is 0 Å². The van der Waals surface area contributed by atoms with Crippen LogP contribution in [0.1, 0.15) is 38.1 Å². The highest BCUT2D eigenvalue weighted by molar-refractivity contribution is 5.75. The number of benzene rings is 1. The van der Waals surface area contributed by atoms with Crippen molar-refractivity contribution >= 4 is 6.03 Å². The molecule has 1 aromatic carbocycles. The Labute approximate surface area is 125 Å². The predicted octanol–water partition coefficient (Wildman–Crippen LogP) is 3.47. The van der Waals surface area contributed by atoms with Crippen LogP contribution in [-0.4, -0.2) is 21.5 Å². The van der Waals surface area contributed by atoms with Gasteiger partial charge in [0.05, 0.1) is 18.3 Å². The molecule has 0 spiro atoms. The van der Waals surface area contributed by atoms with Gasteiger partial charge in [0.2, 0.25) is 0 Å². The largest absolute Gasteiger partial charge is 0.336 e. The molecule has 4 nitrogen and oxygen atoms in total. The summed E-state index contributed by atoms with van der Waals surface area (Å²) in [6.45, 7) is 6.67. The van der Waals surface area contributed by atoms with Crippen LogP contribution in [0, 0.1) is 0 Å². The van der Waals surface area contributed by atoms with Crippen molar-refractivity contribution in [2.24, 2.45) is 0 Å². The number of urea groups is 1. The number of nitrogens with zero attached hydrogens (tertiary/aromatic N) is 2. The third-order valence-corrected chi connectivity index (χ3v) is 3.94. The van der Waals surface area contributed by atoms with E-state index in [0.29, 0.717) is 6.54 Å². The molecule has 3 rings (SSSR count). The van der Waals surface area contributed by atoms with Gasteiger partial charge in [-0.1, -0.05) is 18.2 Å². The number of para-hydroxylation sites is 1. The van der Waals surface area contributed by atoms with Crippen molar-refractivity contribution in [2.45, 2.75) is 39.4 Å². The number of amides is 2. The summed E-state index contributed by atoms with van der Waals surface area (Å²) in [4.78, 5) is 14.4. The molecular weight excluding hydrogens is 262 g/mol. The Hall–Kier alpha value is -2.23. The molecule has 4 heteroatoms. The molecule has 1 aromatic heterocycles. The first-order valence-corrected chi connectivity index (χ1v) is 7.40. The molecular formula is C17H21N3O. The van der Waals surface area contributed by atoms with Crippen LogP contribution in [0.15, 0.2) is 42.6 Å². The van der Waals surface area contributed by atoms with Gasteiger partial charge in [-0.3, -0.25) is 0 Å². The van der Waals surface area contributed by atoms with Crippen LogP contribution >= 0.6 is 0 Å². The van der Waals surface area contributed by atoms with E-state index in [4.69, 9.17) is 0 Å². The summed E-state index contributed by atoms with van der Waals surface area (Å²) in [5, 5.41) is 3.00. The Morgan fingerprint density at radius 2 is 2.00 bits per heavy atom. The van der Waals surface area contributed by atoms with E-state index in [2.05, 4.69) is 41.2 Å². The Kier molecular flexibility index (Phi) is 3.45. The lowest BCUT2D eigenvalue weighted by Gasteiger charge is -2.28. The number of carbonyl (C=O) groups is 1. The van der Waals surface area contributed by atoms with Crippen LogP contribution in [0.3, 0.4) is 0 Å². The van der Waals surface area contributed by atoms with E-state index in [0.717, 1.165) is 11.4 Å². The molecule has 110 valence electrons. The van der Waals surface area contributed by atoms with Crippen molar-refractivity contribution in [3.05, 3.63) is 53.9 Å². The van der Waals surface area contributed by atoms with Gasteiger partial charge in [-0.15, -0.1) is 0 Å². The second kappa shape index (κ2) is 5.28. The van der Waals surface area contributed by atoms with E-state index < -0.39 is 0 Å². The minimum Gasteiger partial charge on any atom is -0.336 e. The fourth-order valence-electron chi connectivity index (χ4n) is 2.89. The molecule has 2 heterocycles. The molecule has 0 saturated heterocycles. The quantitative estimate of drug-likeness (QED) is 0.855. The highest BCUT2D eigenvalue weighted by atomic mass is 16.2. The molecule has 0 bridgehead atoms. The van der Waals surface area contributed by atoms with E-state index in [9.17, 15) is 4.79 Å². The van der Waals surface area contributed by atoms with Gasteiger partial charge in [0.1, 0.15) is 0 Å². The fourth-order valence-corrected chi connectivity index (χ4v) is 2.89. The van der Waals surface area contributed by atoms with E-state index in [1.807, 2.05) is 36.9 Å². The first-order valence-electron chi connectivity index (χ1n) is 7.40. The number of aromatic nitrogens is 1. The Balaban J connectivity index is 2.06. The average Bonchev–Trinajstić information content (AvgIpc) is 2.88. The van der Waals surface area contributed by atoms with Crippen molar-refractivity contribution in [1.82, 2.24) is 14.8 Å². The molecule has 2 aromatic rings. The molecule has 1 aliphatic heterocycles. The second-order valence-electron chi connectivity index (χ2n) is 5.84. The molecule has 21 heavy (non-hydrogen) atoms. The molecule has 2 amide bonds. The lowest BCUT2D eigenvalue weighted by molar-refractivity contribution is 0.173. The lowest BCUT2D eigenvalue weighted by Crippen LogP contribution is -2.43. The third-order valence-electron chi connectivity index (χ3n) is 3.94. The van der Waals surface area contributed by atoms with E-state index >= 15 is 0 Å². The minimum atomic E-state index is -0.0121. The van der Waals surface area contributed by atoms with Crippen LogP contribution in [0.25, 0.3) is 5.69 Å². The zero-order chi connectivity index (χ0) is 15.0. The van der Waals surface area contributed by atoms with Gasteiger partial charge < -0.3 is 14.8 Å². The maximum atomic E-state index is 12.5. The molecule has 0 fully saturated rings. The first kappa shape index (κ1) is 13.7. The van der Waals surface area contributed by atoms with Crippen molar-refractivity contribution in [1.29, 1.82) is 0 Å². The smallest absolute Gasteiger partial charge is 0.318 e. The zero-order valence-electron chi connectivity index (χ0n) is 12.7. The molecule has 0 radical (unpaired) electrons. The highest BCUT2D eigenvalue weighted by Gasteiger charge is 2.28. The van der Waals surface area contributed by atoms with Gasteiger partial charge in [0.15, 0.2) is 0 Å². The van der Waals surface area contributed by atoms with E-state index in [1.165, 1.54) is 5.56 Å². The van der Waals surface area contributed by atoms with Crippen LogP contribution in [-0.2, 0) is 6.54 Å². The predicted molar refractivity (Wildman–Crippen MR) is 83.4 cm³/mol. The summed E-state index contributed by atoms with van der Waals surface area (Å²) < 4.78 is 2.18. The normalized spacial score (nSPS) is 17.1. The molecule has 0 aliphatic carbocycles. The summed E-state index contributed by atoms with van der Waals surface area (Å²) in [6.07, 6.45) is 2.06. The molecule has 0 unspecified atom stereocenters. The van der Waals surface area contributed by atoms with Crippen molar-refractivity contribution in [3.8, 4) is 5.69 Å². The summed E-state index contributed by atoms with van der Waals surface area (Å²) in [7, 11) is 0. The Bertz CT molecular complexity index is 660. The molecule has 1 N–H and O–H groups in total. The summed E-state index contributed by atoms with van der Waals surface area (Å²) >= 11 is 0. The average molecular weight is 283 g/mol. The van der Waals surface area contributed by atoms with Crippen LogP contribution in [0.4, 0.5) is 4.79 Å². The summed E-state index contributed by atoms with van der Waals surface area (Å²) in [5.41, 5.74) is 3.46. The minimum absolute atomic E-state index is 0.0121. The number of hydrogen-bond acceptors (Lipinski definition) is 1. The summed E-state index contributed by atoms with van der Waals surface area (Å²) in [5.74, 6) is 0. The van der Waals surface area contributed by atoms with Gasteiger partial charge in [-0.05, 0) is 44.5 Å². The lowest BCUT2D eigenvalue weighted by atomic mass is 10.1. The van der Waals surface area contributed by atoms with Gasteiger partial charge >= 0.3 is 6.03 Å². The van der Waals surface area contributed by atoms with Gasteiger partial charge in [-0.25, -0.2) is 4.79 Å². The zero-order valence-corrected chi connectivity index (χ0v) is 12.7. The van der Waals surface area contributed by atoms with E-state index in [-0.39, 0.29) is 18.1 Å².